The number of aryl methyl sites for hydroxylation is 1. The van der Waals surface area contributed by atoms with E-state index in [4.69, 9.17) is 4.74 Å². The Balaban J connectivity index is 2.47. The normalized spacial score (nSPS) is 12.1. The lowest BCUT2D eigenvalue weighted by molar-refractivity contribution is -0.384. The number of amides is 2. The van der Waals surface area contributed by atoms with Crippen LogP contribution in [0.5, 0.6) is 5.75 Å². The highest BCUT2D eigenvalue weighted by Crippen LogP contribution is 2.28. The molecule has 0 aliphatic heterocycles. The first kappa shape index (κ1) is 28.6. The van der Waals surface area contributed by atoms with Crippen LogP contribution >= 0.6 is 0 Å². The highest BCUT2D eigenvalue weighted by molar-refractivity contribution is 7.92. The molecule has 36 heavy (non-hydrogen) atoms. The summed E-state index contributed by atoms with van der Waals surface area (Å²) in [7, 11) is -2.49. The second-order valence-electron chi connectivity index (χ2n) is 8.71. The molecule has 1 atom stereocenters. The number of methoxy groups -OCH3 is 1. The van der Waals surface area contributed by atoms with Gasteiger partial charge in [0.15, 0.2) is 0 Å². The second-order valence-corrected chi connectivity index (χ2v) is 10.6. The summed E-state index contributed by atoms with van der Waals surface area (Å²) in [5.41, 5.74) is 0.845. The van der Waals surface area contributed by atoms with E-state index in [1.807, 2.05) is 0 Å². The van der Waals surface area contributed by atoms with Crippen LogP contribution < -0.4 is 14.4 Å². The number of benzene rings is 2. The Kier molecular flexibility index (Phi) is 9.40. The van der Waals surface area contributed by atoms with Gasteiger partial charge in [-0.3, -0.25) is 24.0 Å². The van der Waals surface area contributed by atoms with E-state index < -0.39 is 39.3 Å². The number of sulfonamides is 1. The zero-order valence-electron chi connectivity index (χ0n) is 21.2. The minimum Gasteiger partial charge on any atom is -0.497 e. The first-order valence-electron chi connectivity index (χ1n) is 11.2. The Hall–Kier alpha value is -3.67. The number of hydrogen-bond acceptors (Lipinski definition) is 7. The first-order valence-corrected chi connectivity index (χ1v) is 13.0. The topological polar surface area (TPSA) is 139 Å². The van der Waals surface area contributed by atoms with Crippen molar-refractivity contribution in [3.05, 3.63) is 63.7 Å². The third-order valence-electron chi connectivity index (χ3n) is 5.46. The Labute approximate surface area is 211 Å². The molecule has 0 aliphatic carbocycles. The molecule has 196 valence electrons. The third-order valence-corrected chi connectivity index (χ3v) is 6.59. The molecule has 0 radical (unpaired) electrons. The SMILES string of the molecule is COc1ccc(CN(C(=O)CN(c2cc([N+](=O)[O-])ccc2C)S(C)(=O)=O)C(C)C(=O)NC(C)C)cc1. The monoisotopic (exact) mass is 520 g/mol. The maximum absolute atomic E-state index is 13.5. The standard InChI is InChI=1S/C24H32N4O7S/c1-16(2)25-24(30)18(4)26(14-19-8-11-21(35-5)12-9-19)23(29)15-27(36(6,33)34)22-13-20(28(31)32)10-7-17(22)3/h7-13,16,18H,14-15H2,1-6H3,(H,25,30). The van der Waals surface area contributed by atoms with E-state index in [1.165, 1.54) is 24.1 Å². The molecular formula is C24H32N4O7S. The van der Waals surface area contributed by atoms with Crippen LogP contribution in [0, 0.1) is 17.0 Å². The largest absolute Gasteiger partial charge is 0.497 e. The quantitative estimate of drug-likeness (QED) is 0.355. The number of nitrogens with one attached hydrogen (secondary N) is 1. The van der Waals surface area contributed by atoms with Gasteiger partial charge in [-0.2, -0.15) is 0 Å². The zero-order chi connectivity index (χ0) is 27.2. The molecule has 0 fully saturated rings. The maximum atomic E-state index is 13.5. The van der Waals surface area contributed by atoms with Crippen LogP contribution in [0.3, 0.4) is 0 Å². The summed E-state index contributed by atoms with van der Waals surface area (Å²) in [6, 6.07) is 9.62. The van der Waals surface area contributed by atoms with Gasteiger partial charge in [0.1, 0.15) is 18.3 Å². The molecule has 0 spiro atoms. The fraction of sp³-hybridized carbons (Fsp3) is 0.417. The minimum absolute atomic E-state index is 0.0173. The summed E-state index contributed by atoms with van der Waals surface area (Å²) >= 11 is 0. The number of hydrogen-bond donors (Lipinski definition) is 1. The van der Waals surface area contributed by atoms with Crippen LogP contribution in [0.4, 0.5) is 11.4 Å². The molecule has 2 aromatic rings. The van der Waals surface area contributed by atoms with Crippen molar-refractivity contribution in [2.45, 2.75) is 46.3 Å². The molecule has 2 amide bonds. The van der Waals surface area contributed by atoms with Gasteiger partial charge in [-0.1, -0.05) is 18.2 Å². The lowest BCUT2D eigenvalue weighted by Gasteiger charge is -2.32. The van der Waals surface area contributed by atoms with Gasteiger partial charge in [-0.15, -0.1) is 0 Å². The number of non-ortho nitro benzene ring substituents is 1. The molecule has 0 aliphatic rings. The molecule has 0 saturated heterocycles. The van der Waals surface area contributed by atoms with Crippen LogP contribution in [0.15, 0.2) is 42.5 Å². The van der Waals surface area contributed by atoms with Crippen molar-refractivity contribution in [1.82, 2.24) is 10.2 Å². The van der Waals surface area contributed by atoms with Gasteiger partial charge in [0.05, 0.1) is 24.0 Å². The van der Waals surface area contributed by atoms with Gasteiger partial charge >= 0.3 is 0 Å². The van der Waals surface area contributed by atoms with E-state index in [0.717, 1.165) is 16.6 Å². The van der Waals surface area contributed by atoms with E-state index in [2.05, 4.69) is 5.32 Å². The Morgan fingerprint density at radius 2 is 1.72 bits per heavy atom. The van der Waals surface area contributed by atoms with Crippen molar-refractivity contribution < 1.29 is 27.7 Å². The maximum Gasteiger partial charge on any atom is 0.271 e. The average molecular weight is 521 g/mol. The fourth-order valence-electron chi connectivity index (χ4n) is 3.49. The highest BCUT2D eigenvalue weighted by atomic mass is 32.2. The second kappa shape index (κ2) is 11.8. The van der Waals surface area contributed by atoms with Gasteiger partial charge in [0.25, 0.3) is 5.69 Å². The number of nitro benzene ring substituents is 1. The van der Waals surface area contributed by atoms with E-state index in [0.29, 0.717) is 16.9 Å². The Morgan fingerprint density at radius 3 is 2.22 bits per heavy atom. The summed E-state index contributed by atoms with van der Waals surface area (Å²) < 4.78 is 31.4. The molecule has 0 bridgehead atoms. The van der Waals surface area contributed by atoms with E-state index >= 15 is 0 Å². The Bertz CT molecular complexity index is 1210. The number of carbonyl (C=O) groups is 2. The van der Waals surface area contributed by atoms with Crippen molar-refractivity contribution in [3.8, 4) is 5.75 Å². The predicted molar refractivity (Wildman–Crippen MR) is 136 cm³/mol. The number of nitrogens with zero attached hydrogens (tertiary/aromatic N) is 3. The zero-order valence-corrected chi connectivity index (χ0v) is 22.0. The minimum atomic E-state index is -4.01. The molecule has 1 unspecified atom stereocenters. The number of rotatable bonds is 11. The van der Waals surface area contributed by atoms with Crippen molar-refractivity contribution in [2.75, 3.05) is 24.2 Å². The number of anilines is 1. The number of nitro groups is 1. The molecule has 2 rings (SSSR count). The Morgan fingerprint density at radius 1 is 1.11 bits per heavy atom. The molecule has 1 N–H and O–H groups in total. The third kappa shape index (κ3) is 7.41. The van der Waals surface area contributed by atoms with Gasteiger partial charge in [-0.05, 0) is 51.0 Å². The average Bonchev–Trinajstić information content (AvgIpc) is 2.80. The van der Waals surface area contributed by atoms with Crippen molar-refractivity contribution in [1.29, 1.82) is 0 Å². The molecular weight excluding hydrogens is 488 g/mol. The van der Waals surface area contributed by atoms with E-state index in [1.54, 1.807) is 52.0 Å². The van der Waals surface area contributed by atoms with Gasteiger partial charge in [0, 0.05) is 24.7 Å². The first-order chi connectivity index (χ1) is 16.7. The number of carbonyl (C=O) groups excluding carboxylic acids is 2. The molecule has 0 heterocycles. The number of ether oxygens (including phenoxy) is 1. The van der Waals surface area contributed by atoms with Gasteiger partial charge in [0.2, 0.25) is 21.8 Å². The van der Waals surface area contributed by atoms with Crippen molar-refractivity contribution in [2.24, 2.45) is 0 Å². The van der Waals surface area contributed by atoms with Crippen LogP contribution in [0.25, 0.3) is 0 Å². The summed E-state index contributed by atoms with van der Waals surface area (Å²) in [5.74, 6) is -0.426. The van der Waals surface area contributed by atoms with Gasteiger partial charge in [-0.25, -0.2) is 8.42 Å². The lowest BCUT2D eigenvalue weighted by Crippen LogP contribution is -2.52. The summed E-state index contributed by atoms with van der Waals surface area (Å²) in [6.45, 7) is 6.11. The van der Waals surface area contributed by atoms with E-state index in [9.17, 15) is 28.1 Å². The fourth-order valence-corrected chi connectivity index (χ4v) is 4.39. The smallest absolute Gasteiger partial charge is 0.271 e. The predicted octanol–water partition coefficient (Wildman–Crippen LogP) is 2.62. The van der Waals surface area contributed by atoms with Gasteiger partial charge < -0.3 is 15.0 Å². The van der Waals surface area contributed by atoms with Crippen molar-refractivity contribution in [3.63, 3.8) is 0 Å². The highest BCUT2D eigenvalue weighted by Gasteiger charge is 2.31. The molecule has 0 saturated carbocycles. The van der Waals surface area contributed by atoms with Crippen LogP contribution in [0.1, 0.15) is 31.9 Å². The molecule has 12 heteroatoms. The molecule has 0 aromatic heterocycles. The van der Waals surface area contributed by atoms with Crippen LogP contribution in [-0.2, 0) is 26.2 Å². The molecule has 11 nitrogen and oxygen atoms in total. The van der Waals surface area contributed by atoms with E-state index in [-0.39, 0.29) is 24.0 Å². The van der Waals surface area contributed by atoms with Crippen LogP contribution in [0.2, 0.25) is 0 Å². The summed E-state index contributed by atoms with van der Waals surface area (Å²) in [6.07, 6.45) is 0.918. The lowest BCUT2D eigenvalue weighted by atomic mass is 10.1. The summed E-state index contributed by atoms with van der Waals surface area (Å²) in [5, 5.41) is 14.0. The molecule has 2 aromatic carbocycles. The van der Waals surface area contributed by atoms with Crippen molar-refractivity contribution >= 4 is 33.2 Å². The summed E-state index contributed by atoms with van der Waals surface area (Å²) in [4.78, 5) is 38.2. The van der Waals surface area contributed by atoms with Crippen LogP contribution in [-0.4, -0.2) is 62.0 Å².